The summed E-state index contributed by atoms with van der Waals surface area (Å²) in [4.78, 5) is -0.335. The van der Waals surface area contributed by atoms with Crippen LogP contribution in [0.1, 0.15) is 19.4 Å². The van der Waals surface area contributed by atoms with E-state index in [9.17, 15) is 12.8 Å². The maximum absolute atomic E-state index is 13.8. The van der Waals surface area contributed by atoms with E-state index in [2.05, 4.69) is 6.58 Å². The van der Waals surface area contributed by atoms with Gasteiger partial charge in [0.05, 0.1) is 0 Å². The second-order valence-corrected chi connectivity index (χ2v) is 6.26. The molecule has 0 fully saturated rings. The highest BCUT2D eigenvalue weighted by Gasteiger charge is 2.26. The highest BCUT2D eigenvalue weighted by Crippen LogP contribution is 2.21. The Hall–Kier alpha value is -1.24. The van der Waals surface area contributed by atoms with Crippen LogP contribution < -0.4 is 5.73 Å². The van der Waals surface area contributed by atoms with Crippen molar-refractivity contribution < 1.29 is 12.8 Å². The number of nitrogens with zero attached hydrogens (tertiary/aromatic N) is 1. The van der Waals surface area contributed by atoms with Gasteiger partial charge in [0.2, 0.25) is 10.0 Å². The minimum absolute atomic E-state index is 0.162. The molecule has 0 spiro atoms. The molecule has 0 aromatic heterocycles. The van der Waals surface area contributed by atoms with Gasteiger partial charge in [-0.3, -0.25) is 0 Å². The third-order valence-electron chi connectivity index (χ3n) is 2.65. The molecule has 0 amide bonds. The molecular formula is C13H19FN2O2S. The van der Waals surface area contributed by atoms with Crippen LogP contribution >= 0.6 is 0 Å². The van der Waals surface area contributed by atoms with Crippen LogP contribution in [0.2, 0.25) is 0 Å². The Morgan fingerprint density at radius 2 is 2.11 bits per heavy atom. The normalized spacial score (nSPS) is 11.8. The minimum Gasteiger partial charge on any atom is -0.326 e. The lowest BCUT2D eigenvalue weighted by Gasteiger charge is -2.21. The molecule has 19 heavy (non-hydrogen) atoms. The largest absolute Gasteiger partial charge is 0.326 e. The van der Waals surface area contributed by atoms with Crippen LogP contribution in [0.15, 0.2) is 35.2 Å². The van der Waals surface area contributed by atoms with Crippen LogP contribution in [0, 0.1) is 5.82 Å². The van der Waals surface area contributed by atoms with Gasteiger partial charge in [0.1, 0.15) is 10.7 Å². The number of hydrogen-bond donors (Lipinski definition) is 1. The van der Waals surface area contributed by atoms with E-state index in [4.69, 9.17) is 5.73 Å². The molecule has 1 rings (SSSR count). The van der Waals surface area contributed by atoms with E-state index in [1.54, 1.807) is 13.8 Å². The van der Waals surface area contributed by atoms with Crippen molar-refractivity contribution in [1.29, 1.82) is 0 Å². The van der Waals surface area contributed by atoms with Crippen molar-refractivity contribution in [2.24, 2.45) is 5.73 Å². The average molecular weight is 286 g/mol. The second-order valence-electron chi connectivity index (χ2n) is 4.36. The summed E-state index contributed by atoms with van der Waals surface area (Å²) in [5.41, 5.74) is 6.73. The molecule has 0 radical (unpaired) electrons. The molecule has 1 aromatic rings. The quantitative estimate of drug-likeness (QED) is 0.812. The van der Waals surface area contributed by atoms with E-state index in [1.165, 1.54) is 16.4 Å². The number of rotatable bonds is 6. The van der Waals surface area contributed by atoms with E-state index in [-0.39, 0.29) is 24.5 Å². The summed E-state index contributed by atoms with van der Waals surface area (Å²) >= 11 is 0. The molecule has 106 valence electrons. The number of likely N-dealkylation sites (N-methyl/N-ethyl adjacent to an activating group) is 1. The number of halogens is 1. The predicted octanol–water partition coefficient (Wildman–Crippen LogP) is 1.87. The molecule has 0 aliphatic heterocycles. The Morgan fingerprint density at radius 1 is 1.47 bits per heavy atom. The molecule has 0 aliphatic carbocycles. The molecular weight excluding hydrogens is 267 g/mol. The van der Waals surface area contributed by atoms with Crippen LogP contribution in [-0.4, -0.2) is 25.8 Å². The minimum atomic E-state index is -3.87. The van der Waals surface area contributed by atoms with Crippen LogP contribution in [0.3, 0.4) is 0 Å². The Kier molecular flexibility index (Phi) is 5.22. The first-order valence-electron chi connectivity index (χ1n) is 5.96. The first-order chi connectivity index (χ1) is 8.82. The van der Waals surface area contributed by atoms with Crippen molar-refractivity contribution >= 4 is 10.0 Å². The van der Waals surface area contributed by atoms with Crippen molar-refractivity contribution in [2.45, 2.75) is 25.3 Å². The lowest BCUT2D eigenvalue weighted by molar-refractivity contribution is 0.447. The number of hydrogen-bond acceptors (Lipinski definition) is 3. The fourth-order valence-corrected chi connectivity index (χ4v) is 3.30. The molecule has 0 aliphatic rings. The number of benzene rings is 1. The van der Waals surface area contributed by atoms with Crippen molar-refractivity contribution in [3.63, 3.8) is 0 Å². The maximum Gasteiger partial charge on any atom is 0.246 e. The highest BCUT2D eigenvalue weighted by molar-refractivity contribution is 7.89. The maximum atomic E-state index is 13.8. The predicted molar refractivity (Wildman–Crippen MR) is 73.5 cm³/mol. The van der Waals surface area contributed by atoms with Crippen LogP contribution in [0.25, 0.3) is 0 Å². The smallest absolute Gasteiger partial charge is 0.246 e. The molecule has 2 N–H and O–H groups in total. The van der Waals surface area contributed by atoms with Gasteiger partial charge in [-0.2, -0.15) is 4.31 Å². The van der Waals surface area contributed by atoms with Gasteiger partial charge in [0.15, 0.2) is 0 Å². The molecule has 0 bridgehead atoms. The zero-order valence-corrected chi connectivity index (χ0v) is 12.0. The van der Waals surface area contributed by atoms with Crippen molar-refractivity contribution in [2.75, 3.05) is 13.1 Å². The molecule has 0 unspecified atom stereocenters. The van der Waals surface area contributed by atoms with Gasteiger partial charge in [-0.15, -0.1) is 0 Å². The molecule has 1 aromatic carbocycles. The molecule has 6 heteroatoms. The van der Waals surface area contributed by atoms with E-state index >= 15 is 0 Å². The lowest BCUT2D eigenvalue weighted by Crippen LogP contribution is -2.33. The van der Waals surface area contributed by atoms with Crippen molar-refractivity contribution in [3.8, 4) is 0 Å². The molecule has 0 saturated heterocycles. The van der Waals surface area contributed by atoms with Gasteiger partial charge < -0.3 is 5.73 Å². The van der Waals surface area contributed by atoms with E-state index in [1.807, 2.05) is 0 Å². The average Bonchev–Trinajstić information content (AvgIpc) is 2.35. The van der Waals surface area contributed by atoms with Crippen LogP contribution in [-0.2, 0) is 16.6 Å². The van der Waals surface area contributed by atoms with E-state index < -0.39 is 15.8 Å². The summed E-state index contributed by atoms with van der Waals surface area (Å²) in [7, 11) is -3.87. The van der Waals surface area contributed by atoms with Crippen LogP contribution in [0.5, 0.6) is 0 Å². The van der Waals surface area contributed by atoms with Crippen molar-refractivity contribution in [1.82, 2.24) is 4.31 Å². The Labute approximate surface area is 113 Å². The summed E-state index contributed by atoms with van der Waals surface area (Å²) in [6.07, 6.45) is 0. The van der Waals surface area contributed by atoms with Gasteiger partial charge in [-0.05, 0) is 24.6 Å². The van der Waals surface area contributed by atoms with Gasteiger partial charge in [-0.25, -0.2) is 12.8 Å². The zero-order chi connectivity index (χ0) is 14.6. The van der Waals surface area contributed by atoms with Gasteiger partial charge in [0, 0.05) is 19.6 Å². The van der Waals surface area contributed by atoms with Crippen molar-refractivity contribution in [3.05, 3.63) is 41.7 Å². The Bertz CT molecular complexity index is 570. The second kappa shape index (κ2) is 6.27. The summed E-state index contributed by atoms with van der Waals surface area (Å²) in [6.45, 7) is 7.70. The summed E-state index contributed by atoms with van der Waals surface area (Å²) in [6, 6.07) is 3.89. The molecule has 4 nitrogen and oxygen atoms in total. The lowest BCUT2D eigenvalue weighted by atomic mass is 10.2. The van der Waals surface area contributed by atoms with Crippen LogP contribution in [0.4, 0.5) is 4.39 Å². The SMILES string of the molecule is C=C(C)CN(CC)S(=O)(=O)c1cc(CN)ccc1F. The third kappa shape index (κ3) is 3.62. The summed E-state index contributed by atoms with van der Waals surface area (Å²) < 4.78 is 39.7. The Balaban J connectivity index is 3.28. The number of sulfonamides is 1. The summed E-state index contributed by atoms with van der Waals surface area (Å²) in [5.74, 6) is -0.766. The highest BCUT2D eigenvalue weighted by atomic mass is 32.2. The first kappa shape index (κ1) is 15.8. The van der Waals surface area contributed by atoms with Gasteiger partial charge in [-0.1, -0.05) is 25.1 Å². The zero-order valence-electron chi connectivity index (χ0n) is 11.2. The standard InChI is InChI=1S/C13H19FN2O2S/c1-4-16(9-10(2)3)19(17,18)13-7-11(8-15)5-6-12(13)14/h5-7H,2,4,8-9,15H2,1,3H3. The monoisotopic (exact) mass is 286 g/mol. The van der Waals surface area contributed by atoms with E-state index in [0.717, 1.165) is 6.07 Å². The molecule has 0 saturated carbocycles. The fourth-order valence-electron chi connectivity index (χ4n) is 1.68. The third-order valence-corrected chi connectivity index (χ3v) is 4.58. The Morgan fingerprint density at radius 3 is 2.58 bits per heavy atom. The number of nitrogens with two attached hydrogens (primary N) is 1. The molecule has 0 atom stereocenters. The van der Waals surface area contributed by atoms with E-state index in [0.29, 0.717) is 11.1 Å². The van der Waals surface area contributed by atoms with Gasteiger partial charge in [0.25, 0.3) is 0 Å². The molecule has 0 heterocycles. The first-order valence-corrected chi connectivity index (χ1v) is 7.40. The summed E-state index contributed by atoms with van der Waals surface area (Å²) in [5, 5.41) is 0. The fraction of sp³-hybridized carbons (Fsp3) is 0.385. The van der Waals surface area contributed by atoms with Gasteiger partial charge >= 0.3 is 0 Å². The topological polar surface area (TPSA) is 63.4 Å².